The van der Waals surface area contributed by atoms with Crippen LogP contribution in [0.25, 0.3) is 0 Å². The minimum absolute atomic E-state index is 0.615. The lowest BCUT2D eigenvalue weighted by molar-refractivity contribution is 0.255. The van der Waals surface area contributed by atoms with E-state index in [1.54, 1.807) is 0 Å². The summed E-state index contributed by atoms with van der Waals surface area (Å²) in [5.74, 6) is 6.04. The standard InChI is InChI=1S/C11H27N5/c1-5-7-13-11(15-12)14-8-9-16(4)10(3)6-2/h10H,5-9,12H2,1-4H3,(H2,13,14,15). The zero-order valence-corrected chi connectivity index (χ0v) is 11.1. The van der Waals surface area contributed by atoms with E-state index in [1.165, 1.54) is 6.42 Å². The van der Waals surface area contributed by atoms with Crippen molar-refractivity contribution >= 4 is 5.96 Å². The van der Waals surface area contributed by atoms with Crippen LogP contribution in [0.3, 0.4) is 0 Å². The Hall–Kier alpha value is -0.810. The third-order valence-corrected chi connectivity index (χ3v) is 2.73. The predicted molar refractivity (Wildman–Crippen MR) is 70.3 cm³/mol. The van der Waals surface area contributed by atoms with Gasteiger partial charge in [0.25, 0.3) is 0 Å². The van der Waals surface area contributed by atoms with E-state index in [9.17, 15) is 0 Å². The second kappa shape index (κ2) is 9.42. The molecule has 0 aliphatic rings. The molecule has 0 aliphatic heterocycles. The van der Waals surface area contributed by atoms with E-state index < -0.39 is 0 Å². The fourth-order valence-electron chi connectivity index (χ4n) is 1.26. The first-order valence-corrected chi connectivity index (χ1v) is 6.10. The number of guanidine groups is 1. The van der Waals surface area contributed by atoms with Crippen LogP contribution in [0.15, 0.2) is 4.99 Å². The summed E-state index contributed by atoms with van der Waals surface area (Å²) < 4.78 is 0. The van der Waals surface area contributed by atoms with E-state index in [4.69, 9.17) is 5.84 Å². The molecule has 5 nitrogen and oxygen atoms in total. The van der Waals surface area contributed by atoms with Gasteiger partial charge in [-0.05, 0) is 26.8 Å². The number of hydrogen-bond donors (Lipinski definition) is 3. The molecule has 1 unspecified atom stereocenters. The predicted octanol–water partition coefficient (Wildman–Crippen LogP) is 0.536. The van der Waals surface area contributed by atoms with Crippen molar-refractivity contribution < 1.29 is 0 Å². The average Bonchev–Trinajstić information content (AvgIpc) is 2.32. The van der Waals surface area contributed by atoms with Crippen LogP contribution < -0.4 is 16.6 Å². The van der Waals surface area contributed by atoms with Crippen molar-refractivity contribution in [1.82, 2.24) is 15.6 Å². The van der Waals surface area contributed by atoms with E-state index in [1.807, 2.05) is 0 Å². The molecule has 0 aliphatic carbocycles. The highest BCUT2D eigenvalue weighted by Gasteiger charge is 2.05. The van der Waals surface area contributed by atoms with Crippen molar-refractivity contribution in [2.45, 2.75) is 39.7 Å². The molecular formula is C11H27N5. The Kier molecular flexibility index (Phi) is 8.94. The van der Waals surface area contributed by atoms with Crippen LogP contribution in [0, 0.1) is 0 Å². The average molecular weight is 229 g/mol. The van der Waals surface area contributed by atoms with Gasteiger partial charge in [0.2, 0.25) is 5.96 Å². The number of nitrogens with one attached hydrogen (secondary N) is 2. The van der Waals surface area contributed by atoms with E-state index in [-0.39, 0.29) is 0 Å². The Morgan fingerprint density at radius 2 is 2.12 bits per heavy atom. The third-order valence-electron chi connectivity index (χ3n) is 2.73. The summed E-state index contributed by atoms with van der Waals surface area (Å²) >= 11 is 0. The highest BCUT2D eigenvalue weighted by Crippen LogP contribution is 1.97. The van der Waals surface area contributed by atoms with Crippen LogP contribution in [0.4, 0.5) is 0 Å². The van der Waals surface area contributed by atoms with Crippen LogP contribution >= 0.6 is 0 Å². The zero-order chi connectivity index (χ0) is 12.4. The molecule has 0 aromatic heterocycles. The maximum Gasteiger partial charge on any atom is 0.205 e. The Morgan fingerprint density at radius 3 is 2.62 bits per heavy atom. The minimum Gasteiger partial charge on any atom is -0.354 e. The monoisotopic (exact) mass is 229 g/mol. The summed E-state index contributed by atoms with van der Waals surface area (Å²) in [5.41, 5.74) is 2.57. The van der Waals surface area contributed by atoms with E-state index in [0.29, 0.717) is 12.0 Å². The van der Waals surface area contributed by atoms with Gasteiger partial charge < -0.3 is 10.2 Å². The fourth-order valence-corrected chi connectivity index (χ4v) is 1.26. The summed E-state index contributed by atoms with van der Waals surface area (Å²) in [4.78, 5) is 6.59. The molecule has 0 spiro atoms. The van der Waals surface area contributed by atoms with Gasteiger partial charge >= 0.3 is 0 Å². The van der Waals surface area contributed by atoms with Crippen LogP contribution in [0.1, 0.15) is 33.6 Å². The van der Waals surface area contributed by atoms with Gasteiger partial charge in [-0.2, -0.15) is 0 Å². The van der Waals surface area contributed by atoms with Crippen molar-refractivity contribution in [2.75, 3.05) is 26.7 Å². The molecule has 16 heavy (non-hydrogen) atoms. The fraction of sp³-hybridized carbons (Fsp3) is 0.909. The summed E-state index contributed by atoms with van der Waals surface area (Å²) in [7, 11) is 2.13. The van der Waals surface area contributed by atoms with Crippen LogP contribution in [0.2, 0.25) is 0 Å². The summed E-state index contributed by atoms with van der Waals surface area (Å²) in [6.45, 7) is 9.16. The van der Waals surface area contributed by atoms with Gasteiger partial charge in [-0.1, -0.05) is 13.8 Å². The Balaban J connectivity index is 3.77. The first-order valence-electron chi connectivity index (χ1n) is 6.10. The Labute approximate surface area is 99.5 Å². The first kappa shape index (κ1) is 15.2. The number of hydrazine groups is 1. The number of aliphatic imine (C=N–C) groups is 1. The molecule has 0 rings (SSSR count). The van der Waals surface area contributed by atoms with Crippen molar-refractivity contribution in [3.8, 4) is 0 Å². The molecule has 1 atom stereocenters. The number of nitrogens with two attached hydrogens (primary N) is 1. The second-order valence-corrected chi connectivity index (χ2v) is 4.04. The van der Waals surface area contributed by atoms with E-state index in [2.05, 4.69) is 48.5 Å². The number of nitrogens with zero attached hydrogens (tertiary/aromatic N) is 2. The van der Waals surface area contributed by atoms with Gasteiger partial charge in [-0.15, -0.1) is 0 Å². The molecule has 0 saturated carbocycles. The van der Waals surface area contributed by atoms with Crippen molar-refractivity contribution in [3.63, 3.8) is 0 Å². The molecule has 0 amide bonds. The molecule has 0 radical (unpaired) electrons. The smallest absolute Gasteiger partial charge is 0.205 e. The van der Waals surface area contributed by atoms with Crippen molar-refractivity contribution in [2.24, 2.45) is 10.8 Å². The van der Waals surface area contributed by atoms with Crippen molar-refractivity contribution in [3.05, 3.63) is 0 Å². The lowest BCUT2D eigenvalue weighted by Gasteiger charge is -2.23. The van der Waals surface area contributed by atoms with Gasteiger partial charge in [0.05, 0.1) is 0 Å². The Bertz CT molecular complexity index is 193. The molecule has 0 saturated heterocycles. The van der Waals surface area contributed by atoms with Gasteiger partial charge in [0, 0.05) is 25.7 Å². The van der Waals surface area contributed by atoms with Gasteiger partial charge in [-0.3, -0.25) is 10.4 Å². The highest BCUT2D eigenvalue weighted by atomic mass is 15.3. The maximum atomic E-state index is 5.36. The van der Waals surface area contributed by atoms with Crippen LogP contribution in [-0.4, -0.2) is 43.6 Å². The minimum atomic E-state index is 0.615. The Morgan fingerprint density at radius 1 is 1.44 bits per heavy atom. The number of rotatable bonds is 7. The quantitative estimate of drug-likeness (QED) is 0.258. The molecule has 0 aromatic rings. The van der Waals surface area contributed by atoms with Crippen LogP contribution in [-0.2, 0) is 0 Å². The molecule has 0 bridgehead atoms. The lowest BCUT2D eigenvalue weighted by Crippen LogP contribution is -2.45. The molecule has 5 heteroatoms. The van der Waals surface area contributed by atoms with Gasteiger partial charge in [0.1, 0.15) is 0 Å². The second-order valence-electron chi connectivity index (χ2n) is 4.04. The number of hydrogen-bond acceptors (Lipinski definition) is 3. The zero-order valence-electron chi connectivity index (χ0n) is 11.1. The molecular weight excluding hydrogens is 202 g/mol. The summed E-state index contributed by atoms with van der Waals surface area (Å²) in [5, 5.41) is 3.19. The first-order chi connectivity index (χ1) is 7.65. The van der Waals surface area contributed by atoms with Gasteiger partial charge in [0.15, 0.2) is 0 Å². The molecule has 0 heterocycles. The highest BCUT2D eigenvalue weighted by molar-refractivity contribution is 5.79. The van der Waals surface area contributed by atoms with E-state index >= 15 is 0 Å². The SMILES string of the molecule is CCCN=C(NN)NCCN(C)C(C)CC. The maximum absolute atomic E-state index is 5.36. The lowest BCUT2D eigenvalue weighted by atomic mass is 10.2. The molecule has 4 N–H and O–H groups in total. The molecule has 0 aromatic carbocycles. The molecule has 0 fully saturated rings. The van der Waals surface area contributed by atoms with E-state index in [0.717, 1.165) is 26.1 Å². The van der Waals surface area contributed by atoms with Gasteiger partial charge in [-0.25, -0.2) is 5.84 Å². The van der Waals surface area contributed by atoms with Crippen LogP contribution in [0.5, 0.6) is 0 Å². The topological polar surface area (TPSA) is 65.7 Å². The van der Waals surface area contributed by atoms with Crippen molar-refractivity contribution in [1.29, 1.82) is 0 Å². The largest absolute Gasteiger partial charge is 0.354 e. The normalized spacial score (nSPS) is 14.0. The summed E-state index contributed by atoms with van der Waals surface area (Å²) in [6.07, 6.45) is 2.20. The molecule has 96 valence electrons. The summed E-state index contributed by atoms with van der Waals surface area (Å²) in [6, 6.07) is 0.615. The number of likely N-dealkylation sites (N-methyl/N-ethyl adjacent to an activating group) is 1. The third kappa shape index (κ3) is 6.63.